The van der Waals surface area contributed by atoms with Crippen LogP contribution in [0.4, 0.5) is 34.1 Å². The summed E-state index contributed by atoms with van der Waals surface area (Å²) in [5.41, 5.74) is 15.7. The van der Waals surface area contributed by atoms with Gasteiger partial charge in [-0.2, -0.15) is 0 Å². The molecule has 2 nitrogen and oxygen atoms in total. The van der Waals surface area contributed by atoms with Crippen molar-refractivity contribution in [1.82, 2.24) is 0 Å². The number of hydrogen-bond acceptors (Lipinski definition) is 2. The second kappa shape index (κ2) is 13.7. The minimum Gasteiger partial charge on any atom is -0.310 e. The van der Waals surface area contributed by atoms with Crippen LogP contribution in [0.25, 0.3) is 34.1 Å². The van der Waals surface area contributed by atoms with Crippen molar-refractivity contribution in [3.63, 3.8) is 0 Å². The Bertz CT molecular complexity index is 2600. The molecular weight excluding hydrogens is 653 g/mol. The van der Waals surface area contributed by atoms with Crippen LogP contribution in [0.3, 0.4) is 0 Å². The lowest BCUT2D eigenvalue weighted by Gasteiger charge is -2.28. The first-order valence-corrected chi connectivity index (χ1v) is 18.8. The van der Waals surface area contributed by atoms with Gasteiger partial charge in [0.2, 0.25) is 0 Å². The molecule has 0 saturated carbocycles. The highest BCUT2D eigenvalue weighted by Crippen LogP contribution is 2.51. The third-order valence-electron chi connectivity index (χ3n) is 10.9. The summed E-state index contributed by atoms with van der Waals surface area (Å²) in [5.74, 6) is 0. The van der Waals surface area contributed by atoms with Gasteiger partial charge in [-0.25, -0.2) is 0 Å². The molecule has 0 saturated heterocycles. The highest BCUT2D eigenvalue weighted by molar-refractivity contribution is 5.90. The van der Waals surface area contributed by atoms with Gasteiger partial charge in [0.1, 0.15) is 0 Å². The summed E-state index contributed by atoms with van der Waals surface area (Å²) >= 11 is 0. The summed E-state index contributed by atoms with van der Waals surface area (Å²) < 4.78 is 0. The molecule has 2 heteroatoms. The first-order chi connectivity index (χ1) is 26.4. The zero-order valence-electron chi connectivity index (χ0n) is 30.9. The van der Waals surface area contributed by atoms with Gasteiger partial charge in [-0.15, -0.1) is 0 Å². The number of rotatable bonds is 8. The highest BCUT2D eigenvalue weighted by Gasteiger charge is 2.36. The molecule has 0 atom stereocenters. The molecule has 0 radical (unpaired) electrons. The Hall–Kier alpha value is -6.64. The maximum atomic E-state index is 2.39. The van der Waals surface area contributed by atoms with E-state index in [0.717, 1.165) is 34.0 Å². The third-order valence-corrected chi connectivity index (χ3v) is 10.9. The molecule has 54 heavy (non-hydrogen) atoms. The quantitative estimate of drug-likeness (QED) is 0.146. The van der Waals surface area contributed by atoms with Gasteiger partial charge in [0.15, 0.2) is 0 Å². The fourth-order valence-electron chi connectivity index (χ4n) is 8.07. The molecule has 0 bridgehead atoms. The zero-order valence-corrected chi connectivity index (χ0v) is 30.9. The minimum absolute atomic E-state index is 0.146. The Morgan fingerprint density at radius 1 is 0.389 bits per heavy atom. The molecule has 8 aromatic carbocycles. The number of anilines is 6. The van der Waals surface area contributed by atoms with Crippen molar-refractivity contribution in [2.45, 2.75) is 26.2 Å². The van der Waals surface area contributed by atoms with E-state index in [1.54, 1.807) is 0 Å². The first-order valence-electron chi connectivity index (χ1n) is 18.8. The predicted molar refractivity (Wildman–Crippen MR) is 231 cm³/mol. The Kier molecular flexibility index (Phi) is 8.44. The fraction of sp³-hybridized carbons (Fsp3) is 0.0769. The molecule has 0 aliphatic heterocycles. The number of hydrogen-bond donors (Lipinski definition) is 0. The summed E-state index contributed by atoms with van der Waals surface area (Å²) in [7, 11) is 0. The SMILES string of the molecule is Cc1ccccc1N(c1ccc(/C=C/c2ccc3c(c2)C(C)(C)c2cc(N(c4ccccc4)c4ccccc4)ccc2-3)cc1)c1ccc2ccccc2c1. The van der Waals surface area contributed by atoms with E-state index < -0.39 is 0 Å². The van der Waals surface area contributed by atoms with Crippen molar-refractivity contribution in [3.8, 4) is 11.1 Å². The molecule has 0 N–H and O–H groups in total. The predicted octanol–water partition coefficient (Wildman–Crippen LogP) is 14.6. The molecule has 260 valence electrons. The zero-order chi connectivity index (χ0) is 36.6. The molecule has 0 spiro atoms. The van der Waals surface area contributed by atoms with E-state index in [2.05, 4.69) is 231 Å². The first kappa shape index (κ1) is 33.2. The fourth-order valence-corrected chi connectivity index (χ4v) is 8.07. The van der Waals surface area contributed by atoms with Crippen molar-refractivity contribution in [2.24, 2.45) is 0 Å². The molecule has 9 rings (SSSR count). The van der Waals surface area contributed by atoms with Crippen LogP contribution in [-0.2, 0) is 5.41 Å². The second-order valence-corrected chi connectivity index (χ2v) is 14.7. The van der Waals surface area contributed by atoms with Gasteiger partial charge >= 0.3 is 0 Å². The molecule has 0 unspecified atom stereocenters. The molecule has 1 aliphatic carbocycles. The van der Waals surface area contributed by atoms with Gasteiger partial charge in [0.05, 0.1) is 0 Å². The maximum Gasteiger partial charge on any atom is 0.0490 e. The van der Waals surface area contributed by atoms with Gasteiger partial charge < -0.3 is 9.80 Å². The number of aryl methyl sites for hydroxylation is 1. The maximum absolute atomic E-state index is 2.39. The molecule has 0 aromatic heterocycles. The number of nitrogens with zero attached hydrogens (tertiary/aromatic N) is 2. The van der Waals surface area contributed by atoms with Gasteiger partial charge in [0.25, 0.3) is 0 Å². The van der Waals surface area contributed by atoms with Gasteiger partial charge in [-0.05, 0) is 123 Å². The standard InChI is InChI=1S/C52H42N2/c1-37-14-10-13-21-51(37)54(45-30-27-40-15-11-12-16-41(40)35-45)44-28-24-38(25-29-44)22-23-39-26-32-47-48-33-31-46(36-50(48)52(2,3)49(47)34-39)53(42-17-6-4-7-18-42)43-19-8-5-9-20-43/h4-36H,1-3H3/b23-22+. The largest absolute Gasteiger partial charge is 0.310 e. The van der Waals surface area contributed by atoms with Gasteiger partial charge in [-0.1, -0.05) is 147 Å². The monoisotopic (exact) mass is 694 g/mol. The summed E-state index contributed by atoms with van der Waals surface area (Å²) in [6.07, 6.45) is 4.47. The smallest absolute Gasteiger partial charge is 0.0490 e. The summed E-state index contributed by atoms with van der Waals surface area (Å²) in [6, 6.07) is 68.0. The van der Waals surface area contributed by atoms with Crippen LogP contribution in [0, 0.1) is 6.92 Å². The van der Waals surface area contributed by atoms with E-state index in [0.29, 0.717) is 0 Å². The minimum atomic E-state index is -0.146. The van der Waals surface area contributed by atoms with E-state index in [1.165, 1.54) is 49.8 Å². The number of fused-ring (bicyclic) bond motifs is 4. The number of para-hydroxylation sites is 3. The molecule has 0 fully saturated rings. The molecule has 0 amide bonds. The van der Waals surface area contributed by atoms with Gasteiger partial charge in [-0.3, -0.25) is 0 Å². The molecule has 8 aromatic rings. The van der Waals surface area contributed by atoms with Crippen LogP contribution in [0.15, 0.2) is 188 Å². The van der Waals surface area contributed by atoms with Crippen LogP contribution in [0.1, 0.15) is 41.7 Å². The van der Waals surface area contributed by atoms with Crippen LogP contribution < -0.4 is 9.80 Å². The van der Waals surface area contributed by atoms with E-state index in [-0.39, 0.29) is 5.41 Å². The van der Waals surface area contributed by atoms with Gasteiger partial charge in [0, 0.05) is 39.5 Å². The van der Waals surface area contributed by atoms with Crippen LogP contribution in [0.2, 0.25) is 0 Å². The Morgan fingerprint density at radius 2 is 0.889 bits per heavy atom. The lowest BCUT2D eigenvalue weighted by atomic mass is 9.81. The van der Waals surface area contributed by atoms with Crippen molar-refractivity contribution >= 4 is 57.0 Å². The third kappa shape index (κ3) is 6.06. The summed E-state index contributed by atoms with van der Waals surface area (Å²) in [4.78, 5) is 4.71. The van der Waals surface area contributed by atoms with Crippen molar-refractivity contribution in [1.29, 1.82) is 0 Å². The second-order valence-electron chi connectivity index (χ2n) is 14.7. The lowest BCUT2D eigenvalue weighted by molar-refractivity contribution is 0.660. The van der Waals surface area contributed by atoms with E-state index in [4.69, 9.17) is 0 Å². The van der Waals surface area contributed by atoms with Crippen molar-refractivity contribution in [3.05, 3.63) is 216 Å². The van der Waals surface area contributed by atoms with E-state index in [1.807, 2.05) is 0 Å². The average molecular weight is 695 g/mol. The highest BCUT2D eigenvalue weighted by atomic mass is 15.1. The lowest BCUT2D eigenvalue weighted by Crippen LogP contribution is -2.16. The average Bonchev–Trinajstić information content (AvgIpc) is 3.44. The van der Waals surface area contributed by atoms with Crippen LogP contribution >= 0.6 is 0 Å². The number of benzene rings is 8. The Balaban J connectivity index is 1.00. The Labute approximate surface area is 318 Å². The Morgan fingerprint density at radius 3 is 1.59 bits per heavy atom. The van der Waals surface area contributed by atoms with E-state index >= 15 is 0 Å². The van der Waals surface area contributed by atoms with Crippen molar-refractivity contribution < 1.29 is 0 Å². The summed E-state index contributed by atoms with van der Waals surface area (Å²) in [6.45, 7) is 6.90. The van der Waals surface area contributed by atoms with Crippen LogP contribution in [0.5, 0.6) is 0 Å². The topological polar surface area (TPSA) is 6.48 Å². The van der Waals surface area contributed by atoms with Crippen molar-refractivity contribution in [2.75, 3.05) is 9.80 Å². The molecular formula is C52H42N2. The van der Waals surface area contributed by atoms with Crippen LogP contribution in [-0.4, -0.2) is 0 Å². The molecule has 0 heterocycles. The molecule has 1 aliphatic rings. The van der Waals surface area contributed by atoms with E-state index in [9.17, 15) is 0 Å². The normalized spacial score (nSPS) is 12.8. The summed E-state index contributed by atoms with van der Waals surface area (Å²) in [5, 5.41) is 2.48.